The second-order valence-electron chi connectivity index (χ2n) is 6.08. The van der Waals surface area contributed by atoms with Crippen LogP contribution in [0, 0.1) is 5.92 Å². The summed E-state index contributed by atoms with van der Waals surface area (Å²) in [5.41, 5.74) is 2.51. The van der Waals surface area contributed by atoms with E-state index in [0.29, 0.717) is 0 Å². The fourth-order valence-corrected chi connectivity index (χ4v) is 2.40. The molecule has 3 rings (SSSR count). The molecule has 3 heteroatoms. The highest BCUT2D eigenvalue weighted by Crippen LogP contribution is 2.29. The summed E-state index contributed by atoms with van der Waals surface area (Å²) in [6.07, 6.45) is 7.58. The van der Waals surface area contributed by atoms with Crippen LogP contribution in [0.15, 0.2) is 18.3 Å². The first kappa shape index (κ1) is 13.1. The zero-order chi connectivity index (χ0) is 13.1. The summed E-state index contributed by atoms with van der Waals surface area (Å²) in [6, 6.07) is 5.19. The average molecular weight is 259 g/mol. The highest BCUT2D eigenvalue weighted by atomic mass is 15.1. The van der Waals surface area contributed by atoms with Crippen molar-refractivity contribution < 1.29 is 0 Å². The minimum Gasteiger partial charge on any atom is -0.310 e. The number of pyridine rings is 1. The smallest absolute Gasteiger partial charge is 0.0544 e. The van der Waals surface area contributed by atoms with Crippen LogP contribution in [0.3, 0.4) is 0 Å². The number of nitrogens with zero attached hydrogens (tertiary/aromatic N) is 2. The van der Waals surface area contributed by atoms with Crippen LogP contribution in [0.4, 0.5) is 0 Å². The molecule has 0 aromatic carbocycles. The summed E-state index contributed by atoms with van der Waals surface area (Å²) in [4.78, 5) is 7.13. The van der Waals surface area contributed by atoms with Crippen molar-refractivity contribution in [2.75, 3.05) is 13.1 Å². The Labute approximate surface area is 116 Å². The Morgan fingerprint density at radius 3 is 2.68 bits per heavy atom. The lowest BCUT2D eigenvalue weighted by Gasteiger charge is -2.19. The number of aromatic nitrogens is 1. The second kappa shape index (κ2) is 6.02. The first-order chi connectivity index (χ1) is 9.33. The zero-order valence-corrected chi connectivity index (χ0v) is 11.9. The van der Waals surface area contributed by atoms with Gasteiger partial charge in [-0.3, -0.25) is 9.88 Å². The molecule has 2 saturated carbocycles. The number of hydrogen-bond acceptors (Lipinski definition) is 3. The van der Waals surface area contributed by atoms with Crippen molar-refractivity contribution >= 4 is 0 Å². The number of rotatable bonds is 8. The summed E-state index contributed by atoms with van der Waals surface area (Å²) in [5.74, 6) is 0.960. The molecule has 1 aromatic heterocycles. The molecular formula is C16H25N3. The second-order valence-corrected chi connectivity index (χ2v) is 6.08. The molecule has 2 aliphatic carbocycles. The molecule has 1 N–H and O–H groups in total. The van der Waals surface area contributed by atoms with Gasteiger partial charge in [0.2, 0.25) is 0 Å². The van der Waals surface area contributed by atoms with Gasteiger partial charge < -0.3 is 5.32 Å². The Morgan fingerprint density at radius 2 is 2.11 bits per heavy atom. The van der Waals surface area contributed by atoms with Gasteiger partial charge in [0, 0.05) is 31.9 Å². The molecule has 1 heterocycles. The minimum atomic E-state index is 0.772. The maximum absolute atomic E-state index is 4.61. The fourth-order valence-electron chi connectivity index (χ4n) is 2.40. The molecule has 0 atom stereocenters. The first-order valence-corrected chi connectivity index (χ1v) is 7.73. The van der Waals surface area contributed by atoms with Gasteiger partial charge in [-0.15, -0.1) is 0 Å². The molecule has 0 radical (unpaired) electrons. The molecule has 104 valence electrons. The van der Waals surface area contributed by atoms with E-state index in [2.05, 4.69) is 34.3 Å². The van der Waals surface area contributed by atoms with Gasteiger partial charge in [-0.25, -0.2) is 0 Å². The molecule has 2 fully saturated rings. The summed E-state index contributed by atoms with van der Waals surface area (Å²) < 4.78 is 0. The lowest BCUT2D eigenvalue weighted by atomic mass is 10.2. The van der Waals surface area contributed by atoms with E-state index in [-0.39, 0.29) is 0 Å². The summed E-state index contributed by atoms with van der Waals surface area (Å²) in [6.45, 7) is 6.60. The highest BCUT2D eigenvalue weighted by molar-refractivity contribution is 5.14. The van der Waals surface area contributed by atoms with Crippen molar-refractivity contribution in [3.8, 4) is 0 Å². The summed E-state index contributed by atoms with van der Waals surface area (Å²) >= 11 is 0. The summed E-state index contributed by atoms with van der Waals surface area (Å²) in [7, 11) is 0. The van der Waals surface area contributed by atoms with Crippen molar-refractivity contribution in [3.05, 3.63) is 29.6 Å². The van der Waals surface area contributed by atoms with E-state index in [4.69, 9.17) is 0 Å². The molecular weight excluding hydrogens is 234 g/mol. The molecule has 0 bridgehead atoms. The van der Waals surface area contributed by atoms with Crippen LogP contribution in [-0.4, -0.2) is 29.0 Å². The summed E-state index contributed by atoms with van der Waals surface area (Å²) in [5, 5.41) is 3.53. The Hall–Kier alpha value is -0.930. The average Bonchev–Trinajstić information content (AvgIpc) is 3.32. The lowest BCUT2D eigenvalue weighted by molar-refractivity contribution is 0.265. The van der Waals surface area contributed by atoms with Gasteiger partial charge in [0.15, 0.2) is 0 Å². The number of nitrogens with one attached hydrogen (secondary N) is 1. The van der Waals surface area contributed by atoms with Crippen LogP contribution in [-0.2, 0) is 13.1 Å². The van der Waals surface area contributed by atoms with Crippen LogP contribution in [0.2, 0.25) is 0 Å². The highest BCUT2D eigenvalue weighted by Gasteiger charge is 2.23. The first-order valence-electron chi connectivity index (χ1n) is 7.73. The normalized spacial score (nSPS) is 19.1. The zero-order valence-electron chi connectivity index (χ0n) is 11.9. The third kappa shape index (κ3) is 4.29. The molecule has 19 heavy (non-hydrogen) atoms. The largest absolute Gasteiger partial charge is 0.310 e. The van der Waals surface area contributed by atoms with Gasteiger partial charge >= 0.3 is 0 Å². The van der Waals surface area contributed by atoms with E-state index in [1.807, 2.05) is 6.20 Å². The monoisotopic (exact) mass is 259 g/mol. The molecule has 2 aliphatic rings. The predicted octanol–water partition coefficient (Wildman–Crippen LogP) is 2.57. The minimum absolute atomic E-state index is 0.772. The molecule has 3 nitrogen and oxygen atoms in total. The van der Waals surface area contributed by atoms with Crippen LogP contribution in [0.5, 0.6) is 0 Å². The molecule has 0 unspecified atom stereocenters. The Kier molecular flexibility index (Phi) is 4.14. The van der Waals surface area contributed by atoms with Crippen molar-refractivity contribution in [2.24, 2.45) is 5.92 Å². The van der Waals surface area contributed by atoms with Gasteiger partial charge in [0.05, 0.1) is 5.69 Å². The van der Waals surface area contributed by atoms with Crippen molar-refractivity contribution in [3.63, 3.8) is 0 Å². The standard InChI is InChI=1S/C16H25N3/c1-2-19(11-13-3-4-13)12-16-6-5-14(10-18-16)9-17-15-7-8-15/h5-6,10,13,15,17H,2-4,7-9,11-12H2,1H3. The third-order valence-electron chi connectivity index (χ3n) is 4.10. The van der Waals surface area contributed by atoms with Crippen LogP contribution >= 0.6 is 0 Å². The third-order valence-corrected chi connectivity index (χ3v) is 4.10. The maximum atomic E-state index is 4.61. The van der Waals surface area contributed by atoms with Crippen molar-refractivity contribution in [1.29, 1.82) is 0 Å². The quantitative estimate of drug-likeness (QED) is 0.777. The Balaban J connectivity index is 1.48. The fraction of sp³-hybridized carbons (Fsp3) is 0.688. The maximum Gasteiger partial charge on any atom is 0.0544 e. The van der Waals surface area contributed by atoms with Gasteiger partial charge in [-0.05, 0) is 49.8 Å². The van der Waals surface area contributed by atoms with E-state index in [1.165, 1.54) is 43.5 Å². The van der Waals surface area contributed by atoms with Crippen LogP contribution < -0.4 is 5.32 Å². The van der Waals surface area contributed by atoms with Gasteiger partial charge in [-0.2, -0.15) is 0 Å². The van der Waals surface area contributed by atoms with E-state index >= 15 is 0 Å². The SMILES string of the molecule is CCN(Cc1ccc(CNC2CC2)cn1)CC1CC1. The van der Waals surface area contributed by atoms with E-state index in [0.717, 1.165) is 31.6 Å². The number of hydrogen-bond donors (Lipinski definition) is 1. The topological polar surface area (TPSA) is 28.2 Å². The van der Waals surface area contributed by atoms with Gasteiger partial charge in [-0.1, -0.05) is 13.0 Å². The molecule has 0 spiro atoms. The van der Waals surface area contributed by atoms with Gasteiger partial charge in [0.25, 0.3) is 0 Å². The van der Waals surface area contributed by atoms with Gasteiger partial charge in [0.1, 0.15) is 0 Å². The van der Waals surface area contributed by atoms with Crippen molar-refractivity contribution in [1.82, 2.24) is 15.2 Å². The molecule has 0 amide bonds. The van der Waals surface area contributed by atoms with E-state index in [1.54, 1.807) is 0 Å². The van der Waals surface area contributed by atoms with Crippen molar-refractivity contribution in [2.45, 2.75) is 51.7 Å². The predicted molar refractivity (Wildman–Crippen MR) is 77.8 cm³/mol. The van der Waals surface area contributed by atoms with Crippen LogP contribution in [0.25, 0.3) is 0 Å². The van der Waals surface area contributed by atoms with Crippen LogP contribution in [0.1, 0.15) is 43.9 Å². The Morgan fingerprint density at radius 1 is 1.26 bits per heavy atom. The molecule has 0 aliphatic heterocycles. The Bertz CT molecular complexity index is 393. The lowest BCUT2D eigenvalue weighted by Crippen LogP contribution is -2.25. The van der Waals surface area contributed by atoms with E-state index in [9.17, 15) is 0 Å². The van der Waals surface area contributed by atoms with E-state index < -0.39 is 0 Å². The molecule has 0 saturated heterocycles. The molecule has 1 aromatic rings.